The van der Waals surface area contributed by atoms with E-state index in [0.29, 0.717) is 19.4 Å². The van der Waals surface area contributed by atoms with Crippen LogP contribution < -0.4 is 11.1 Å². The molecular formula is C10H20N2O3. The zero-order valence-corrected chi connectivity index (χ0v) is 9.38. The largest absolute Gasteiger partial charge is 0.481 e. The summed E-state index contributed by atoms with van der Waals surface area (Å²) in [5, 5.41) is 11.5. The van der Waals surface area contributed by atoms with Gasteiger partial charge in [-0.1, -0.05) is 6.92 Å². The van der Waals surface area contributed by atoms with Crippen LogP contribution in [0.2, 0.25) is 0 Å². The van der Waals surface area contributed by atoms with Gasteiger partial charge >= 0.3 is 5.97 Å². The van der Waals surface area contributed by atoms with Crippen LogP contribution >= 0.6 is 0 Å². The Morgan fingerprint density at radius 1 is 1.47 bits per heavy atom. The van der Waals surface area contributed by atoms with Gasteiger partial charge in [0.15, 0.2) is 0 Å². The molecule has 0 aliphatic rings. The lowest BCUT2D eigenvalue weighted by atomic mass is 9.94. The monoisotopic (exact) mass is 216 g/mol. The van der Waals surface area contributed by atoms with Crippen molar-refractivity contribution >= 4 is 11.9 Å². The van der Waals surface area contributed by atoms with Gasteiger partial charge in [-0.3, -0.25) is 9.59 Å². The number of primary amides is 1. The van der Waals surface area contributed by atoms with Crippen molar-refractivity contribution in [3.05, 3.63) is 0 Å². The molecule has 0 rings (SSSR count). The highest BCUT2D eigenvalue weighted by molar-refractivity contribution is 5.84. The fourth-order valence-electron chi connectivity index (χ4n) is 1.29. The van der Waals surface area contributed by atoms with Gasteiger partial charge in [0.25, 0.3) is 0 Å². The Hall–Kier alpha value is -1.10. The molecule has 5 nitrogen and oxygen atoms in total. The van der Waals surface area contributed by atoms with Crippen molar-refractivity contribution in [2.45, 2.75) is 45.1 Å². The Kier molecular flexibility index (Phi) is 5.93. The van der Waals surface area contributed by atoms with Crippen molar-refractivity contribution in [1.82, 2.24) is 5.32 Å². The SMILES string of the molecule is CCCNC(C)(CCCC(=O)O)C(N)=O. The van der Waals surface area contributed by atoms with Crippen molar-refractivity contribution in [2.75, 3.05) is 6.54 Å². The van der Waals surface area contributed by atoms with E-state index in [2.05, 4.69) is 5.32 Å². The van der Waals surface area contributed by atoms with E-state index < -0.39 is 17.4 Å². The van der Waals surface area contributed by atoms with Gasteiger partial charge < -0.3 is 16.2 Å². The molecule has 0 saturated heterocycles. The normalized spacial score (nSPS) is 14.5. The maximum atomic E-state index is 11.2. The van der Waals surface area contributed by atoms with Crippen LogP contribution in [0.4, 0.5) is 0 Å². The summed E-state index contributed by atoms with van der Waals surface area (Å²) in [6, 6.07) is 0. The number of carboxylic acids is 1. The van der Waals surface area contributed by atoms with E-state index in [0.717, 1.165) is 6.42 Å². The molecule has 1 unspecified atom stereocenters. The second kappa shape index (κ2) is 6.40. The van der Waals surface area contributed by atoms with Gasteiger partial charge in [0.05, 0.1) is 5.54 Å². The van der Waals surface area contributed by atoms with Gasteiger partial charge in [-0.2, -0.15) is 0 Å². The number of amides is 1. The molecule has 0 aromatic heterocycles. The minimum absolute atomic E-state index is 0.0661. The summed E-state index contributed by atoms with van der Waals surface area (Å²) in [7, 11) is 0. The maximum absolute atomic E-state index is 11.2. The summed E-state index contributed by atoms with van der Waals surface area (Å²) in [6.07, 6.45) is 1.87. The highest BCUT2D eigenvalue weighted by atomic mass is 16.4. The van der Waals surface area contributed by atoms with Crippen molar-refractivity contribution in [1.29, 1.82) is 0 Å². The van der Waals surface area contributed by atoms with Gasteiger partial charge in [-0.05, 0) is 32.7 Å². The molecule has 4 N–H and O–H groups in total. The number of carbonyl (C=O) groups excluding carboxylic acids is 1. The molecule has 88 valence electrons. The predicted molar refractivity (Wildman–Crippen MR) is 57.4 cm³/mol. The minimum Gasteiger partial charge on any atom is -0.481 e. The van der Waals surface area contributed by atoms with E-state index in [4.69, 9.17) is 10.8 Å². The van der Waals surface area contributed by atoms with Crippen molar-refractivity contribution in [3.63, 3.8) is 0 Å². The van der Waals surface area contributed by atoms with Crippen LogP contribution in [0.3, 0.4) is 0 Å². The lowest BCUT2D eigenvalue weighted by Crippen LogP contribution is -2.53. The number of hydrogen-bond acceptors (Lipinski definition) is 3. The number of nitrogens with two attached hydrogens (primary N) is 1. The Bertz CT molecular complexity index is 231. The summed E-state index contributed by atoms with van der Waals surface area (Å²) in [4.78, 5) is 21.5. The fourth-order valence-corrected chi connectivity index (χ4v) is 1.29. The third-order valence-electron chi connectivity index (χ3n) is 2.38. The average Bonchev–Trinajstić information content (AvgIpc) is 2.14. The van der Waals surface area contributed by atoms with Crippen molar-refractivity contribution in [2.24, 2.45) is 5.73 Å². The number of carbonyl (C=O) groups is 2. The summed E-state index contributed by atoms with van der Waals surface area (Å²) in [6.45, 7) is 4.41. The molecule has 15 heavy (non-hydrogen) atoms. The number of nitrogens with one attached hydrogen (secondary N) is 1. The van der Waals surface area contributed by atoms with E-state index in [9.17, 15) is 9.59 Å². The molecule has 0 aliphatic carbocycles. The lowest BCUT2D eigenvalue weighted by Gasteiger charge is -2.27. The lowest BCUT2D eigenvalue weighted by molar-refractivity contribution is -0.137. The molecule has 0 bridgehead atoms. The maximum Gasteiger partial charge on any atom is 0.303 e. The molecule has 0 aliphatic heterocycles. The summed E-state index contributed by atoms with van der Waals surface area (Å²) in [5.41, 5.74) is 4.49. The first-order valence-corrected chi connectivity index (χ1v) is 5.19. The van der Waals surface area contributed by atoms with Crippen LogP contribution in [0.15, 0.2) is 0 Å². The summed E-state index contributed by atoms with van der Waals surface area (Å²) in [5.74, 6) is -1.28. The molecule has 0 aromatic rings. The highest BCUT2D eigenvalue weighted by Gasteiger charge is 2.29. The topological polar surface area (TPSA) is 92.4 Å². The first-order chi connectivity index (χ1) is 6.92. The van der Waals surface area contributed by atoms with Crippen LogP contribution in [0.1, 0.15) is 39.5 Å². The number of aliphatic carboxylic acids is 1. The molecule has 0 aromatic carbocycles. The zero-order chi connectivity index (χ0) is 11.9. The van der Waals surface area contributed by atoms with Crippen molar-refractivity contribution < 1.29 is 14.7 Å². The third-order valence-corrected chi connectivity index (χ3v) is 2.38. The molecule has 0 radical (unpaired) electrons. The van der Waals surface area contributed by atoms with Gasteiger partial charge in [-0.15, -0.1) is 0 Å². The molecule has 0 saturated carbocycles. The van der Waals surface area contributed by atoms with Gasteiger partial charge in [0, 0.05) is 6.42 Å². The molecule has 1 amide bonds. The quantitative estimate of drug-likeness (QED) is 0.550. The van der Waals surface area contributed by atoms with E-state index in [1.165, 1.54) is 0 Å². The number of hydrogen-bond donors (Lipinski definition) is 3. The van der Waals surface area contributed by atoms with Crippen LogP contribution in [0.25, 0.3) is 0 Å². The Balaban J connectivity index is 4.13. The second-order valence-electron chi connectivity index (χ2n) is 3.87. The molecule has 5 heteroatoms. The van der Waals surface area contributed by atoms with E-state index in [1.807, 2.05) is 6.92 Å². The first-order valence-electron chi connectivity index (χ1n) is 5.19. The Morgan fingerprint density at radius 2 is 2.07 bits per heavy atom. The summed E-state index contributed by atoms with van der Waals surface area (Å²) < 4.78 is 0. The minimum atomic E-state index is -0.850. The van der Waals surface area contributed by atoms with E-state index in [-0.39, 0.29) is 6.42 Å². The molecule has 0 spiro atoms. The van der Waals surface area contributed by atoms with Crippen LogP contribution in [-0.4, -0.2) is 29.1 Å². The van der Waals surface area contributed by atoms with Gasteiger partial charge in [0.2, 0.25) is 5.91 Å². The molecule has 1 atom stereocenters. The molecular weight excluding hydrogens is 196 g/mol. The van der Waals surface area contributed by atoms with Gasteiger partial charge in [-0.25, -0.2) is 0 Å². The average molecular weight is 216 g/mol. The van der Waals surface area contributed by atoms with Crippen LogP contribution in [0.5, 0.6) is 0 Å². The number of carboxylic acid groups (broad SMARTS) is 1. The fraction of sp³-hybridized carbons (Fsp3) is 0.800. The number of rotatable bonds is 8. The highest BCUT2D eigenvalue weighted by Crippen LogP contribution is 2.13. The van der Waals surface area contributed by atoms with Gasteiger partial charge in [0.1, 0.15) is 0 Å². The van der Waals surface area contributed by atoms with Crippen LogP contribution in [0, 0.1) is 0 Å². The van der Waals surface area contributed by atoms with Crippen LogP contribution in [-0.2, 0) is 9.59 Å². The Morgan fingerprint density at radius 3 is 2.47 bits per heavy atom. The Labute approximate surface area is 90.0 Å². The first kappa shape index (κ1) is 13.9. The molecule has 0 heterocycles. The molecule has 0 fully saturated rings. The smallest absolute Gasteiger partial charge is 0.303 e. The summed E-state index contributed by atoms with van der Waals surface area (Å²) >= 11 is 0. The van der Waals surface area contributed by atoms with E-state index in [1.54, 1.807) is 6.92 Å². The third kappa shape index (κ3) is 5.37. The predicted octanol–water partition coefficient (Wildman–Crippen LogP) is 0.485. The van der Waals surface area contributed by atoms with E-state index >= 15 is 0 Å². The van der Waals surface area contributed by atoms with Crippen molar-refractivity contribution in [3.8, 4) is 0 Å². The second-order valence-corrected chi connectivity index (χ2v) is 3.87. The standard InChI is InChI=1S/C10H20N2O3/c1-3-7-12-10(2,9(11)15)6-4-5-8(13)14/h12H,3-7H2,1-2H3,(H2,11,15)(H,13,14). The zero-order valence-electron chi connectivity index (χ0n) is 9.38.